The van der Waals surface area contributed by atoms with Crippen molar-refractivity contribution in [2.75, 3.05) is 36.8 Å². The van der Waals surface area contributed by atoms with Gasteiger partial charge in [-0.1, -0.05) is 0 Å². The molecule has 0 radical (unpaired) electrons. The van der Waals surface area contributed by atoms with Gasteiger partial charge >= 0.3 is 6.09 Å². The minimum Gasteiger partial charge on any atom is -0.447 e. The Labute approximate surface area is 191 Å². The number of hydroxylamine groups is 1. The van der Waals surface area contributed by atoms with Crippen molar-refractivity contribution < 1.29 is 23.1 Å². The lowest BCUT2D eigenvalue weighted by Gasteiger charge is -2.33. The van der Waals surface area contributed by atoms with Crippen molar-refractivity contribution in [1.29, 1.82) is 0 Å². The highest BCUT2D eigenvalue weighted by atomic mass is 19.1. The highest BCUT2D eigenvalue weighted by Gasteiger charge is 2.26. The normalized spacial score (nSPS) is 17.6. The van der Waals surface area contributed by atoms with Crippen molar-refractivity contribution in [3.05, 3.63) is 29.5 Å². The Morgan fingerprint density at radius 3 is 2.64 bits per heavy atom. The van der Waals surface area contributed by atoms with E-state index in [9.17, 15) is 9.18 Å². The molecule has 4 rings (SSSR count). The predicted octanol–water partition coefficient (Wildman–Crippen LogP) is 3.06. The highest BCUT2D eigenvalue weighted by Crippen LogP contribution is 2.33. The third kappa shape index (κ3) is 4.82. The molecule has 9 nitrogen and oxygen atoms in total. The fourth-order valence-corrected chi connectivity index (χ4v) is 4.21. The van der Waals surface area contributed by atoms with Gasteiger partial charge in [0.1, 0.15) is 11.3 Å². The van der Waals surface area contributed by atoms with Gasteiger partial charge in [-0.15, -0.1) is 0 Å². The van der Waals surface area contributed by atoms with Crippen LogP contribution in [0, 0.1) is 11.6 Å². The molecule has 0 aliphatic carbocycles. The predicted molar refractivity (Wildman–Crippen MR) is 120 cm³/mol. The van der Waals surface area contributed by atoms with E-state index in [4.69, 9.17) is 15.3 Å². The summed E-state index contributed by atoms with van der Waals surface area (Å²) in [6.45, 7) is 5.72. The van der Waals surface area contributed by atoms with E-state index in [1.165, 1.54) is 17.8 Å². The Kier molecular flexibility index (Phi) is 6.59. The number of aromatic nitrogens is 2. The van der Waals surface area contributed by atoms with Crippen molar-refractivity contribution in [1.82, 2.24) is 20.2 Å². The number of nitrogens with two attached hydrogens (primary N) is 1. The van der Waals surface area contributed by atoms with Crippen LogP contribution in [0.2, 0.25) is 0 Å². The van der Waals surface area contributed by atoms with E-state index >= 15 is 4.39 Å². The number of likely N-dealkylation sites (tertiary alicyclic amines) is 1. The maximum absolute atomic E-state index is 15.1. The molecule has 2 aliphatic heterocycles. The molecule has 1 saturated heterocycles. The number of benzene rings is 1. The molecule has 0 unspecified atom stereocenters. The monoisotopic (exact) mass is 464 g/mol. The summed E-state index contributed by atoms with van der Waals surface area (Å²) in [6, 6.07) is 1.18. The second-order valence-electron chi connectivity index (χ2n) is 8.69. The standard InChI is InChI=1S/C22H30F2N6O3/c1-13(2)32-22(31)30-10-6-15(7-11-30)33-27-14-4-8-29(9-5-14)17-12-16(23)18-20(19(17)24)28(3)26-21(18)25/h4,12-13,15,27H,5-11H2,1-3H3,(H2,25,26). The number of halogens is 2. The zero-order chi connectivity index (χ0) is 23.7. The van der Waals surface area contributed by atoms with Gasteiger partial charge in [0.05, 0.1) is 23.3 Å². The molecular weight excluding hydrogens is 434 g/mol. The first-order valence-electron chi connectivity index (χ1n) is 11.2. The maximum atomic E-state index is 15.1. The summed E-state index contributed by atoms with van der Waals surface area (Å²) >= 11 is 0. The molecule has 0 saturated carbocycles. The first-order valence-corrected chi connectivity index (χ1v) is 11.2. The van der Waals surface area contributed by atoms with E-state index in [0.717, 1.165) is 5.70 Å². The van der Waals surface area contributed by atoms with Gasteiger partial charge in [-0.2, -0.15) is 5.10 Å². The van der Waals surface area contributed by atoms with Crippen LogP contribution in [0.25, 0.3) is 10.9 Å². The summed E-state index contributed by atoms with van der Waals surface area (Å²) in [5.74, 6) is -1.16. The molecule has 3 N–H and O–H groups in total. The van der Waals surface area contributed by atoms with Crippen LogP contribution in [0.15, 0.2) is 17.8 Å². The summed E-state index contributed by atoms with van der Waals surface area (Å²) < 4.78 is 36.2. The van der Waals surface area contributed by atoms with Crippen LogP contribution >= 0.6 is 0 Å². The second-order valence-corrected chi connectivity index (χ2v) is 8.69. The number of ether oxygens (including phenoxy) is 1. The van der Waals surface area contributed by atoms with Gasteiger partial charge in [0, 0.05) is 51.4 Å². The molecule has 1 fully saturated rings. The number of hydrogen-bond donors (Lipinski definition) is 2. The van der Waals surface area contributed by atoms with Crippen LogP contribution in [0.5, 0.6) is 0 Å². The van der Waals surface area contributed by atoms with Gasteiger partial charge in [-0.05, 0) is 32.8 Å². The molecule has 180 valence electrons. The van der Waals surface area contributed by atoms with Crippen molar-refractivity contribution >= 4 is 28.5 Å². The quantitative estimate of drug-likeness (QED) is 0.657. The number of piperidine rings is 1. The Balaban J connectivity index is 1.32. The molecule has 3 heterocycles. The van der Waals surface area contributed by atoms with Crippen LogP contribution < -0.4 is 16.1 Å². The molecule has 2 aliphatic rings. The first kappa shape index (κ1) is 23.1. The lowest BCUT2D eigenvalue weighted by Crippen LogP contribution is -2.43. The van der Waals surface area contributed by atoms with Crippen LogP contribution in [0.1, 0.15) is 33.1 Å². The molecule has 0 bridgehead atoms. The summed E-state index contributed by atoms with van der Waals surface area (Å²) in [6.07, 6.45) is 3.46. The second kappa shape index (κ2) is 9.42. The Hall–Kier alpha value is -3.08. The largest absolute Gasteiger partial charge is 0.447 e. The van der Waals surface area contributed by atoms with Gasteiger partial charge in [-0.3, -0.25) is 15.0 Å². The van der Waals surface area contributed by atoms with Crippen LogP contribution in [0.3, 0.4) is 0 Å². The summed E-state index contributed by atoms with van der Waals surface area (Å²) in [5, 5.41) is 3.94. The van der Waals surface area contributed by atoms with Gasteiger partial charge in [0.2, 0.25) is 0 Å². The number of rotatable bonds is 5. The van der Waals surface area contributed by atoms with Gasteiger partial charge < -0.3 is 20.3 Å². The van der Waals surface area contributed by atoms with Crippen LogP contribution in [-0.4, -0.2) is 59.2 Å². The number of aryl methyl sites for hydroxylation is 1. The minimum atomic E-state index is -0.591. The minimum absolute atomic E-state index is 0.00516. The zero-order valence-corrected chi connectivity index (χ0v) is 19.1. The zero-order valence-electron chi connectivity index (χ0n) is 19.1. The summed E-state index contributed by atoms with van der Waals surface area (Å²) in [7, 11) is 1.54. The summed E-state index contributed by atoms with van der Waals surface area (Å²) in [4.78, 5) is 21.3. The van der Waals surface area contributed by atoms with Crippen molar-refractivity contribution in [3.63, 3.8) is 0 Å². The van der Waals surface area contributed by atoms with Crippen LogP contribution in [0.4, 0.5) is 25.1 Å². The van der Waals surface area contributed by atoms with Gasteiger partial charge in [-0.25, -0.2) is 13.6 Å². The fourth-order valence-electron chi connectivity index (χ4n) is 4.21. The SMILES string of the molecule is CC(C)OC(=O)N1CCC(ONC2=CCN(c3cc(F)c4c(N)nn(C)c4c3F)CC2)CC1. The number of amides is 1. The number of nitrogens with one attached hydrogen (secondary N) is 1. The molecule has 11 heteroatoms. The number of carbonyl (C=O) groups excluding carboxylic acids is 1. The molecule has 2 aromatic rings. The van der Waals surface area contributed by atoms with E-state index in [0.29, 0.717) is 45.4 Å². The molecule has 1 aromatic heterocycles. The van der Waals surface area contributed by atoms with E-state index in [1.54, 1.807) is 9.80 Å². The molecule has 33 heavy (non-hydrogen) atoms. The molecule has 0 atom stereocenters. The molecule has 0 spiro atoms. The van der Waals surface area contributed by atoms with E-state index in [-0.39, 0.29) is 40.7 Å². The topological polar surface area (TPSA) is 97.9 Å². The smallest absolute Gasteiger partial charge is 0.410 e. The Bertz CT molecular complexity index is 1060. The van der Waals surface area contributed by atoms with E-state index < -0.39 is 11.6 Å². The lowest BCUT2D eigenvalue weighted by molar-refractivity contribution is -0.0415. The number of carbonyl (C=O) groups is 1. The number of hydrogen-bond acceptors (Lipinski definition) is 7. The average Bonchev–Trinajstić information content (AvgIpc) is 3.09. The maximum Gasteiger partial charge on any atom is 0.410 e. The third-order valence-electron chi connectivity index (χ3n) is 5.95. The number of anilines is 2. The average molecular weight is 465 g/mol. The molecule has 1 aromatic carbocycles. The van der Waals surface area contributed by atoms with E-state index in [1.807, 2.05) is 19.9 Å². The summed E-state index contributed by atoms with van der Waals surface area (Å²) in [5.41, 5.74) is 9.86. The van der Waals surface area contributed by atoms with Gasteiger partial charge in [0.25, 0.3) is 0 Å². The van der Waals surface area contributed by atoms with E-state index in [2.05, 4.69) is 10.6 Å². The molecular formula is C22H30F2N6O3. The first-order chi connectivity index (χ1) is 15.7. The highest BCUT2D eigenvalue weighted by molar-refractivity contribution is 5.92. The van der Waals surface area contributed by atoms with Crippen LogP contribution in [-0.2, 0) is 16.6 Å². The number of nitrogens with zero attached hydrogens (tertiary/aromatic N) is 4. The Morgan fingerprint density at radius 2 is 2.00 bits per heavy atom. The number of nitrogen functional groups attached to an aromatic ring is 1. The molecule has 1 amide bonds. The Morgan fingerprint density at radius 1 is 1.27 bits per heavy atom. The lowest BCUT2D eigenvalue weighted by atomic mass is 10.1. The van der Waals surface area contributed by atoms with Crippen molar-refractivity contribution in [2.45, 2.75) is 45.3 Å². The fraction of sp³-hybridized carbons (Fsp3) is 0.545. The van der Waals surface area contributed by atoms with Crippen molar-refractivity contribution in [2.24, 2.45) is 7.05 Å². The third-order valence-corrected chi connectivity index (χ3v) is 5.95. The number of fused-ring (bicyclic) bond motifs is 1. The van der Waals surface area contributed by atoms with Gasteiger partial charge in [0.15, 0.2) is 11.6 Å². The van der Waals surface area contributed by atoms with Crippen molar-refractivity contribution in [3.8, 4) is 0 Å².